The fourth-order valence-electron chi connectivity index (χ4n) is 1.74. The van der Waals surface area contributed by atoms with Gasteiger partial charge < -0.3 is 4.42 Å². The molecule has 0 aliphatic heterocycles. The van der Waals surface area contributed by atoms with E-state index in [1.165, 1.54) is 16.6 Å². The molecular formula is C13H12ClN3OS2. The van der Waals surface area contributed by atoms with Crippen molar-refractivity contribution < 1.29 is 4.42 Å². The highest BCUT2D eigenvalue weighted by atomic mass is 35.5. The van der Waals surface area contributed by atoms with Crippen molar-refractivity contribution in [2.75, 3.05) is 0 Å². The van der Waals surface area contributed by atoms with E-state index >= 15 is 0 Å². The average molecular weight is 326 g/mol. The number of thiophene rings is 1. The third-order valence-corrected chi connectivity index (χ3v) is 5.12. The molecule has 3 rings (SSSR count). The van der Waals surface area contributed by atoms with Gasteiger partial charge in [-0.1, -0.05) is 6.92 Å². The normalized spacial score (nSPS) is 11.4. The smallest absolute Gasteiger partial charge is 0.262 e. The first-order chi connectivity index (χ1) is 9.56. The van der Waals surface area contributed by atoms with Crippen LogP contribution in [0.3, 0.4) is 0 Å². The Hall–Kier alpha value is -1.11. The highest BCUT2D eigenvalue weighted by Crippen LogP contribution is 2.36. The minimum Gasteiger partial charge on any atom is -0.436 e. The van der Waals surface area contributed by atoms with E-state index in [4.69, 9.17) is 16.0 Å². The van der Waals surface area contributed by atoms with Crippen molar-refractivity contribution in [3.63, 3.8) is 0 Å². The molecule has 4 nitrogen and oxygen atoms in total. The lowest BCUT2D eigenvalue weighted by Gasteiger charge is -1.99. The number of hydrogen-bond acceptors (Lipinski definition) is 6. The second kappa shape index (κ2) is 5.35. The van der Waals surface area contributed by atoms with Crippen molar-refractivity contribution in [2.45, 2.75) is 37.4 Å². The standard InChI is InChI=1S/C13H12ClN3OS2/c1-4-8-5-9-10(19-8)16-12(14)17-11(9)20-13-15-6(2)7(3)18-13/h5H,4H2,1-3H3. The van der Waals surface area contributed by atoms with Crippen LogP contribution in [0.2, 0.25) is 5.28 Å². The fourth-order valence-corrected chi connectivity index (χ4v) is 3.96. The van der Waals surface area contributed by atoms with Crippen molar-refractivity contribution in [2.24, 2.45) is 0 Å². The highest BCUT2D eigenvalue weighted by Gasteiger charge is 2.15. The van der Waals surface area contributed by atoms with E-state index in [2.05, 4.69) is 27.9 Å². The summed E-state index contributed by atoms with van der Waals surface area (Å²) in [6.45, 7) is 5.94. The van der Waals surface area contributed by atoms with Gasteiger partial charge >= 0.3 is 0 Å². The summed E-state index contributed by atoms with van der Waals surface area (Å²) < 4.78 is 5.59. The Morgan fingerprint density at radius 3 is 2.75 bits per heavy atom. The Balaban J connectivity index is 2.07. The molecule has 0 radical (unpaired) electrons. The van der Waals surface area contributed by atoms with Gasteiger partial charge in [0.25, 0.3) is 5.22 Å². The van der Waals surface area contributed by atoms with E-state index in [0.717, 1.165) is 33.1 Å². The van der Waals surface area contributed by atoms with Gasteiger partial charge in [0.2, 0.25) is 5.28 Å². The summed E-state index contributed by atoms with van der Waals surface area (Å²) in [6.07, 6.45) is 0.972. The Kier molecular flexibility index (Phi) is 3.70. The number of aryl methyl sites for hydroxylation is 3. The molecule has 0 amide bonds. The number of hydrogen-bond donors (Lipinski definition) is 0. The van der Waals surface area contributed by atoms with Crippen LogP contribution in [-0.2, 0) is 6.42 Å². The van der Waals surface area contributed by atoms with E-state index in [-0.39, 0.29) is 5.28 Å². The van der Waals surface area contributed by atoms with Gasteiger partial charge in [-0.25, -0.2) is 15.0 Å². The largest absolute Gasteiger partial charge is 0.436 e. The molecule has 0 unspecified atom stereocenters. The zero-order valence-corrected chi connectivity index (χ0v) is 13.6. The first kappa shape index (κ1) is 13.9. The lowest BCUT2D eigenvalue weighted by molar-refractivity contribution is 0.431. The molecule has 0 aliphatic rings. The predicted octanol–water partition coefficient (Wildman–Crippen LogP) is 4.66. The summed E-state index contributed by atoms with van der Waals surface area (Å²) in [4.78, 5) is 15.1. The van der Waals surface area contributed by atoms with Gasteiger partial charge in [0.1, 0.15) is 15.6 Å². The van der Waals surface area contributed by atoms with Gasteiger partial charge in [-0.05, 0) is 49.7 Å². The first-order valence-electron chi connectivity index (χ1n) is 6.14. The fraction of sp³-hybridized carbons (Fsp3) is 0.308. The molecule has 0 bridgehead atoms. The Morgan fingerprint density at radius 2 is 2.10 bits per heavy atom. The average Bonchev–Trinajstić information content (AvgIpc) is 2.93. The number of oxazole rings is 1. The van der Waals surface area contributed by atoms with Crippen LogP contribution in [-0.4, -0.2) is 15.0 Å². The summed E-state index contributed by atoms with van der Waals surface area (Å²) in [6, 6.07) is 2.11. The molecule has 0 aliphatic carbocycles. The van der Waals surface area contributed by atoms with Gasteiger partial charge in [0.05, 0.1) is 5.69 Å². The SMILES string of the molecule is CCc1cc2c(Sc3nc(C)c(C)o3)nc(Cl)nc2s1. The monoisotopic (exact) mass is 325 g/mol. The van der Waals surface area contributed by atoms with Crippen molar-refractivity contribution in [1.82, 2.24) is 15.0 Å². The molecule has 3 aromatic heterocycles. The summed E-state index contributed by atoms with van der Waals surface area (Å²) >= 11 is 9.03. The van der Waals surface area contributed by atoms with Crippen LogP contribution in [0.1, 0.15) is 23.3 Å². The number of aromatic nitrogens is 3. The van der Waals surface area contributed by atoms with Crippen LogP contribution in [0.4, 0.5) is 0 Å². The van der Waals surface area contributed by atoms with E-state index in [0.29, 0.717) is 5.22 Å². The van der Waals surface area contributed by atoms with Crippen LogP contribution >= 0.6 is 34.7 Å². The molecule has 7 heteroatoms. The second-order valence-corrected chi connectivity index (χ2v) is 6.70. The number of nitrogens with zero attached hydrogens (tertiary/aromatic N) is 3. The molecule has 104 valence electrons. The molecule has 3 aromatic rings. The van der Waals surface area contributed by atoms with Crippen molar-refractivity contribution >= 4 is 44.9 Å². The van der Waals surface area contributed by atoms with E-state index < -0.39 is 0 Å². The van der Waals surface area contributed by atoms with Crippen LogP contribution < -0.4 is 0 Å². The quantitative estimate of drug-likeness (QED) is 0.517. The molecule has 0 atom stereocenters. The zero-order valence-electron chi connectivity index (χ0n) is 11.2. The maximum absolute atomic E-state index is 6.00. The van der Waals surface area contributed by atoms with Crippen LogP contribution in [0.15, 0.2) is 20.7 Å². The van der Waals surface area contributed by atoms with Gasteiger partial charge in [-0.15, -0.1) is 11.3 Å². The number of halogens is 1. The van der Waals surface area contributed by atoms with Crippen LogP contribution in [0, 0.1) is 13.8 Å². The molecular weight excluding hydrogens is 314 g/mol. The summed E-state index contributed by atoms with van der Waals surface area (Å²) in [5, 5.41) is 2.64. The summed E-state index contributed by atoms with van der Waals surface area (Å²) in [5.74, 6) is 0.823. The molecule has 0 saturated carbocycles. The first-order valence-corrected chi connectivity index (χ1v) is 8.15. The van der Waals surface area contributed by atoms with Crippen LogP contribution in [0.5, 0.6) is 0 Å². The van der Waals surface area contributed by atoms with E-state index in [1.54, 1.807) is 11.3 Å². The van der Waals surface area contributed by atoms with Gasteiger partial charge in [0, 0.05) is 10.3 Å². The zero-order chi connectivity index (χ0) is 14.3. The van der Waals surface area contributed by atoms with Crippen molar-refractivity contribution in [3.05, 3.63) is 27.7 Å². The second-order valence-electron chi connectivity index (χ2n) is 4.31. The Morgan fingerprint density at radius 1 is 1.30 bits per heavy atom. The topological polar surface area (TPSA) is 51.8 Å². The lowest BCUT2D eigenvalue weighted by Crippen LogP contribution is -1.86. The Labute approximate surface area is 129 Å². The van der Waals surface area contributed by atoms with Crippen molar-refractivity contribution in [3.8, 4) is 0 Å². The summed E-state index contributed by atoms with van der Waals surface area (Å²) in [7, 11) is 0. The lowest BCUT2D eigenvalue weighted by atomic mass is 10.3. The van der Waals surface area contributed by atoms with Crippen LogP contribution in [0.25, 0.3) is 10.2 Å². The molecule has 0 saturated heterocycles. The molecule has 0 fully saturated rings. The van der Waals surface area contributed by atoms with E-state index in [9.17, 15) is 0 Å². The Bertz CT molecular complexity index is 762. The summed E-state index contributed by atoms with van der Waals surface area (Å²) in [5.41, 5.74) is 0.892. The maximum atomic E-state index is 6.00. The molecule has 20 heavy (non-hydrogen) atoms. The predicted molar refractivity (Wildman–Crippen MR) is 81.9 cm³/mol. The number of fused-ring (bicyclic) bond motifs is 1. The van der Waals surface area contributed by atoms with E-state index in [1.807, 2.05) is 13.8 Å². The molecule has 0 aromatic carbocycles. The maximum Gasteiger partial charge on any atom is 0.262 e. The molecule has 0 spiro atoms. The minimum absolute atomic E-state index is 0.254. The van der Waals surface area contributed by atoms with Crippen molar-refractivity contribution in [1.29, 1.82) is 0 Å². The minimum atomic E-state index is 0.254. The third kappa shape index (κ3) is 2.55. The molecule has 0 N–H and O–H groups in total. The number of rotatable bonds is 3. The van der Waals surface area contributed by atoms with Gasteiger partial charge in [-0.3, -0.25) is 0 Å². The van der Waals surface area contributed by atoms with Gasteiger partial charge in [0.15, 0.2) is 0 Å². The van der Waals surface area contributed by atoms with Gasteiger partial charge in [-0.2, -0.15) is 0 Å². The molecule has 3 heterocycles. The third-order valence-electron chi connectivity index (χ3n) is 2.92. The highest BCUT2D eigenvalue weighted by molar-refractivity contribution is 7.99.